The van der Waals surface area contributed by atoms with Gasteiger partial charge in [0.1, 0.15) is 4.91 Å². The van der Waals surface area contributed by atoms with Gasteiger partial charge in [-0.2, -0.15) is 5.21 Å². The second kappa shape index (κ2) is 2.60. The number of aliphatic carboxylic acids is 1. The SMILES string of the molecule is O=C([O-])C(=O)O[N+](=O)O. The van der Waals surface area contributed by atoms with Crippen LogP contribution in [0.4, 0.5) is 0 Å². The number of carbonyl (C=O) groups excluding carboxylic acids is 2. The van der Waals surface area contributed by atoms with E-state index >= 15 is 0 Å². The first-order chi connectivity index (χ1) is 4.04. The molecule has 7 nitrogen and oxygen atoms in total. The summed E-state index contributed by atoms with van der Waals surface area (Å²) in [6, 6.07) is 0. The average molecular weight is 135 g/mol. The fourth-order valence-corrected chi connectivity index (χ4v) is 0.108. The van der Waals surface area contributed by atoms with Crippen molar-refractivity contribution in [3.05, 3.63) is 4.91 Å². The zero-order valence-electron chi connectivity index (χ0n) is 3.94. The Hall–Kier alpha value is -1.66. The summed E-state index contributed by atoms with van der Waals surface area (Å²) in [5, 5.41) is 15.6. The third kappa shape index (κ3) is 2.97. The third-order valence-electron chi connectivity index (χ3n) is 0.328. The maximum atomic E-state index is 9.67. The van der Waals surface area contributed by atoms with E-state index in [2.05, 4.69) is 4.84 Å². The monoisotopic (exact) mass is 135 g/mol. The molecular weight excluding hydrogens is 134 g/mol. The zero-order chi connectivity index (χ0) is 7.44. The normalized spacial score (nSPS) is 8.00. The van der Waals surface area contributed by atoms with Gasteiger partial charge in [-0.1, -0.05) is 4.84 Å². The van der Waals surface area contributed by atoms with Gasteiger partial charge in [-0.15, -0.1) is 0 Å². The summed E-state index contributed by atoms with van der Waals surface area (Å²) in [5.41, 5.74) is 0. The van der Waals surface area contributed by atoms with E-state index in [0.29, 0.717) is 0 Å². The Morgan fingerprint density at radius 1 is 1.56 bits per heavy atom. The summed E-state index contributed by atoms with van der Waals surface area (Å²) in [7, 11) is 0. The van der Waals surface area contributed by atoms with Crippen LogP contribution in [-0.2, 0) is 14.4 Å². The summed E-state index contributed by atoms with van der Waals surface area (Å²) in [4.78, 5) is 31.4. The number of carboxylic acid groups (broad SMARTS) is 1. The van der Waals surface area contributed by atoms with Crippen molar-refractivity contribution in [3.63, 3.8) is 0 Å². The predicted octanol–water partition coefficient (Wildman–Crippen LogP) is -2.64. The number of rotatable bonds is 1. The van der Waals surface area contributed by atoms with Gasteiger partial charge >= 0.3 is 11.1 Å². The average Bonchev–Trinajstić information content (AvgIpc) is 1.63. The molecular formula is C2HNO6. The van der Waals surface area contributed by atoms with E-state index in [1.165, 1.54) is 0 Å². The van der Waals surface area contributed by atoms with Gasteiger partial charge in [0.05, 0.1) is 0 Å². The van der Waals surface area contributed by atoms with Crippen LogP contribution in [0.15, 0.2) is 0 Å². The van der Waals surface area contributed by atoms with Gasteiger partial charge in [0, 0.05) is 0 Å². The molecule has 0 unspecified atom stereocenters. The number of nitrogens with zero attached hydrogens (tertiary/aromatic N) is 1. The van der Waals surface area contributed by atoms with E-state index in [1.54, 1.807) is 0 Å². The fourth-order valence-electron chi connectivity index (χ4n) is 0.108. The van der Waals surface area contributed by atoms with Gasteiger partial charge in [0.25, 0.3) is 0 Å². The van der Waals surface area contributed by atoms with Gasteiger partial charge in [-0.25, -0.2) is 4.79 Å². The van der Waals surface area contributed by atoms with Crippen LogP contribution >= 0.6 is 0 Å². The van der Waals surface area contributed by atoms with E-state index < -0.39 is 17.0 Å². The summed E-state index contributed by atoms with van der Waals surface area (Å²) in [6.07, 6.45) is 0. The Balaban J connectivity index is 3.79. The summed E-state index contributed by atoms with van der Waals surface area (Å²) < 4.78 is 0. The molecule has 1 N–H and O–H groups in total. The molecule has 7 heteroatoms. The molecule has 0 rings (SSSR count). The lowest BCUT2D eigenvalue weighted by molar-refractivity contribution is -0.957. The van der Waals surface area contributed by atoms with Gasteiger partial charge in [-0.05, 0) is 0 Å². The van der Waals surface area contributed by atoms with Crippen molar-refractivity contribution in [2.24, 2.45) is 0 Å². The highest BCUT2D eigenvalue weighted by Crippen LogP contribution is 1.72. The highest BCUT2D eigenvalue weighted by molar-refractivity contribution is 6.27. The lowest BCUT2D eigenvalue weighted by Crippen LogP contribution is -2.34. The third-order valence-corrected chi connectivity index (χ3v) is 0.328. The molecule has 50 valence electrons. The largest absolute Gasteiger partial charge is 0.539 e. The highest BCUT2D eigenvalue weighted by Gasteiger charge is 2.15. The molecule has 0 aliphatic heterocycles. The van der Waals surface area contributed by atoms with E-state index in [4.69, 9.17) is 5.21 Å². The predicted molar refractivity (Wildman–Crippen MR) is 16.5 cm³/mol. The molecule has 0 aliphatic rings. The Morgan fingerprint density at radius 2 is 2.00 bits per heavy atom. The molecule has 0 saturated carbocycles. The van der Waals surface area contributed by atoms with Gasteiger partial charge in [-0.3, -0.25) is 0 Å². The Labute approximate surface area is 47.9 Å². The quantitative estimate of drug-likeness (QED) is 0.311. The summed E-state index contributed by atoms with van der Waals surface area (Å²) >= 11 is 0. The van der Waals surface area contributed by atoms with Crippen molar-refractivity contribution in [2.75, 3.05) is 0 Å². The minimum atomic E-state index is -2.20. The van der Waals surface area contributed by atoms with Crippen LogP contribution in [0.5, 0.6) is 0 Å². The molecule has 0 aromatic rings. The highest BCUT2D eigenvalue weighted by atomic mass is 17.0. The molecule has 9 heavy (non-hydrogen) atoms. The molecule has 0 bridgehead atoms. The minimum absolute atomic E-state index is 1.28. The fraction of sp³-hybridized carbons (Fsp3) is 0. The van der Waals surface area contributed by atoms with Crippen LogP contribution in [0.1, 0.15) is 0 Å². The molecule has 0 spiro atoms. The van der Waals surface area contributed by atoms with Crippen molar-refractivity contribution < 1.29 is 29.8 Å². The van der Waals surface area contributed by atoms with Crippen LogP contribution in [-0.4, -0.2) is 22.2 Å². The Kier molecular flexibility index (Phi) is 2.12. The van der Waals surface area contributed by atoms with Crippen molar-refractivity contribution >= 4 is 11.9 Å². The second-order valence-corrected chi connectivity index (χ2v) is 0.904. The zero-order valence-corrected chi connectivity index (χ0v) is 3.94. The first kappa shape index (κ1) is 7.34. The first-order valence-corrected chi connectivity index (χ1v) is 1.63. The maximum absolute atomic E-state index is 9.67. The van der Waals surface area contributed by atoms with Crippen molar-refractivity contribution in [3.8, 4) is 0 Å². The first-order valence-electron chi connectivity index (χ1n) is 1.63. The van der Waals surface area contributed by atoms with Crippen molar-refractivity contribution in [1.29, 1.82) is 0 Å². The van der Waals surface area contributed by atoms with Gasteiger partial charge in [0.2, 0.25) is 0 Å². The Bertz CT molecular complexity index is 160. The number of carboxylic acids is 1. The number of carbonyl (C=O) groups is 2. The van der Waals surface area contributed by atoms with E-state index in [9.17, 15) is 19.6 Å². The molecule has 0 aliphatic carbocycles. The molecule has 0 amide bonds. The van der Waals surface area contributed by atoms with E-state index in [1.807, 2.05) is 0 Å². The second-order valence-electron chi connectivity index (χ2n) is 0.904. The maximum Gasteiger partial charge on any atom is 0.484 e. The topological polar surface area (TPSA) is 107 Å². The molecule has 0 fully saturated rings. The smallest absolute Gasteiger partial charge is 0.484 e. The number of hydrogen-bond acceptors (Lipinski definition) is 5. The lowest BCUT2D eigenvalue weighted by atomic mass is 10.7. The minimum Gasteiger partial charge on any atom is -0.539 e. The van der Waals surface area contributed by atoms with Crippen LogP contribution in [0.3, 0.4) is 0 Å². The van der Waals surface area contributed by atoms with Gasteiger partial charge in [0.15, 0.2) is 5.97 Å². The molecule has 0 saturated heterocycles. The van der Waals surface area contributed by atoms with Crippen molar-refractivity contribution in [2.45, 2.75) is 0 Å². The molecule has 0 atom stereocenters. The standard InChI is InChI=1S/C2HNO6/c4-1(5)2(6)9-3(7)8/h(H-,4,5,7,8). The van der Waals surface area contributed by atoms with E-state index in [-0.39, 0.29) is 0 Å². The Morgan fingerprint density at radius 3 is 2.11 bits per heavy atom. The molecule has 0 heterocycles. The van der Waals surface area contributed by atoms with Crippen molar-refractivity contribution in [1.82, 2.24) is 0 Å². The summed E-state index contributed by atoms with van der Waals surface area (Å²) in [5.74, 6) is -4.16. The lowest BCUT2D eigenvalue weighted by Gasteiger charge is -1.87. The molecule has 0 aromatic heterocycles. The molecule has 0 aromatic carbocycles. The molecule has 0 radical (unpaired) electrons. The number of hydrogen-bond donors (Lipinski definition) is 1. The summed E-state index contributed by atoms with van der Waals surface area (Å²) in [6.45, 7) is 0. The van der Waals surface area contributed by atoms with Crippen LogP contribution in [0, 0.1) is 4.91 Å². The van der Waals surface area contributed by atoms with Crippen LogP contribution in [0.25, 0.3) is 0 Å². The van der Waals surface area contributed by atoms with Crippen LogP contribution < -0.4 is 5.11 Å². The van der Waals surface area contributed by atoms with Crippen LogP contribution in [0.2, 0.25) is 0 Å². The van der Waals surface area contributed by atoms with E-state index in [0.717, 1.165) is 0 Å². The van der Waals surface area contributed by atoms with Gasteiger partial charge < -0.3 is 9.90 Å².